The Morgan fingerprint density at radius 3 is 2.56 bits per heavy atom. The van der Waals surface area contributed by atoms with Crippen molar-refractivity contribution in [2.75, 3.05) is 6.61 Å². The third-order valence-electron chi connectivity index (χ3n) is 0.723. The third kappa shape index (κ3) is 12.6. The van der Waals surface area contributed by atoms with E-state index in [9.17, 15) is 0 Å². The Labute approximate surface area is 96.9 Å². The fourth-order valence-electron chi connectivity index (χ4n) is 0.304. The van der Waals surface area contributed by atoms with Gasteiger partial charge in [-0.05, 0) is 18.6 Å². The van der Waals surface area contributed by atoms with E-state index in [4.69, 9.17) is 4.74 Å². The molecule has 0 aromatic rings. The van der Waals surface area contributed by atoms with Gasteiger partial charge in [-0.1, -0.05) is 26.0 Å². The average Bonchev–Trinajstić information content (AvgIpc) is 1.66. The van der Waals surface area contributed by atoms with E-state index in [0.29, 0.717) is 11.0 Å². The van der Waals surface area contributed by atoms with Crippen LogP contribution in [0.1, 0.15) is 19.8 Å². The van der Waals surface area contributed by atoms with Crippen LogP contribution < -0.4 is 0 Å². The second kappa shape index (κ2) is 9.50. The molecular weight excluding hydrogens is 180 g/mol. The molecule has 9 heavy (non-hydrogen) atoms. The molecule has 0 fully saturated rings. The fourth-order valence-corrected chi connectivity index (χ4v) is 0.478. The van der Waals surface area contributed by atoms with Crippen molar-refractivity contribution < 1.29 is 4.74 Å². The molecule has 0 amide bonds. The molecule has 0 bridgehead atoms. The van der Waals surface area contributed by atoms with E-state index in [1.54, 1.807) is 0 Å². The molecule has 0 aliphatic rings. The first-order valence-electron chi connectivity index (χ1n) is 2.63. The van der Waals surface area contributed by atoms with Gasteiger partial charge in [0.25, 0.3) is 0 Å². The van der Waals surface area contributed by atoms with Gasteiger partial charge in [0, 0.05) is 0 Å². The predicted molar refractivity (Wildman–Crippen MR) is 51.0 cm³/mol. The first kappa shape index (κ1) is 13.1. The Morgan fingerprint density at radius 1 is 1.67 bits per heavy atom. The minimum absolute atomic E-state index is 0. The van der Waals surface area contributed by atoms with E-state index in [-0.39, 0.29) is 37.7 Å². The summed E-state index contributed by atoms with van der Waals surface area (Å²) in [6, 6.07) is 0. The fraction of sp³-hybridized carbons (Fsp3) is 0.800. The Bertz CT molecular complexity index is 77.4. The monoisotopic (exact) mass is 192 g/mol. The van der Waals surface area contributed by atoms with Crippen molar-refractivity contribution in [2.24, 2.45) is 0 Å². The maximum absolute atomic E-state index is 4.88. The molecule has 4 heteroatoms. The van der Waals surface area contributed by atoms with Crippen molar-refractivity contribution in [2.45, 2.75) is 19.8 Å². The normalized spacial score (nSPS) is 7.78. The van der Waals surface area contributed by atoms with Gasteiger partial charge < -0.3 is 4.74 Å². The van der Waals surface area contributed by atoms with Crippen molar-refractivity contribution in [1.82, 2.24) is 0 Å². The van der Waals surface area contributed by atoms with Gasteiger partial charge in [0.2, 0.25) is 4.38 Å². The second-order valence-corrected chi connectivity index (χ2v) is 2.55. The number of ether oxygens (including phenoxy) is 1. The molecule has 0 aromatic heterocycles. The number of thiol groups is 1. The molecule has 0 N–H and O–H groups in total. The van der Waals surface area contributed by atoms with Crippen LogP contribution in [-0.2, 0) is 4.74 Å². The van der Waals surface area contributed by atoms with Crippen LogP contribution in [0.2, 0.25) is 0 Å². The summed E-state index contributed by atoms with van der Waals surface area (Å²) in [6.07, 6.45) is 2.19. The molecule has 0 unspecified atom stereocenters. The van der Waals surface area contributed by atoms with Crippen molar-refractivity contribution in [1.29, 1.82) is 0 Å². The Morgan fingerprint density at radius 2 is 2.22 bits per heavy atom. The predicted octanol–water partition coefficient (Wildman–Crippen LogP) is 1.10. The number of hydrogen-bond donors (Lipinski definition) is 1. The summed E-state index contributed by atoms with van der Waals surface area (Å²) in [5.41, 5.74) is 0. The molecule has 52 valence electrons. The van der Waals surface area contributed by atoms with Crippen molar-refractivity contribution >= 4 is 67.0 Å². The zero-order chi connectivity index (χ0) is 6.41. The number of rotatable bonds is 3. The number of thiocarbonyl (C=S) groups is 1. The summed E-state index contributed by atoms with van der Waals surface area (Å²) < 4.78 is 5.22. The molecule has 0 saturated carbocycles. The van der Waals surface area contributed by atoms with Crippen LogP contribution in [0.3, 0.4) is 0 Å². The summed E-state index contributed by atoms with van der Waals surface area (Å²) in [5.74, 6) is 0. The molecule has 0 radical (unpaired) electrons. The first-order valence-corrected chi connectivity index (χ1v) is 3.48. The topological polar surface area (TPSA) is 9.23 Å². The van der Waals surface area contributed by atoms with Crippen LogP contribution in [0.4, 0.5) is 0 Å². The molecule has 0 spiro atoms. The van der Waals surface area contributed by atoms with Gasteiger partial charge in [-0.2, -0.15) is 0 Å². The average molecular weight is 192 g/mol. The van der Waals surface area contributed by atoms with E-state index in [2.05, 4.69) is 31.8 Å². The van der Waals surface area contributed by atoms with Crippen molar-refractivity contribution in [3.05, 3.63) is 0 Å². The van der Waals surface area contributed by atoms with E-state index in [0.717, 1.165) is 12.8 Å². The molecule has 0 aliphatic carbocycles. The van der Waals surface area contributed by atoms with Gasteiger partial charge in [0.15, 0.2) is 0 Å². The quantitative estimate of drug-likeness (QED) is 0.310. The third-order valence-corrected chi connectivity index (χ3v) is 0.970. The Balaban J connectivity index is 0. The van der Waals surface area contributed by atoms with Crippen molar-refractivity contribution in [3.8, 4) is 0 Å². The molecule has 0 atom stereocenters. The van der Waals surface area contributed by atoms with Crippen LogP contribution in [0.25, 0.3) is 0 Å². The SMILES string of the molecule is CCCCOC(=S)S.[CaH2]. The molecule has 0 aromatic carbocycles. The Hall–Kier alpha value is 1.50. The summed E-state index contributed by atoms with van der Waals surface area (Å²) >= 11 is 8.33. The Kier molecular flexibility index (Phi) is 13.8. The van der Waals surface area contributed by atoms with E-state index in [1.807, 2.05) is 0 Å². The summed E-state index contributed by atoms with van der Waals surface area (Å²) in [7, 11) is 0. The minimum atomic E-state index is 0. The zero-order valence-electron chi connectivity index (χ0n) is 4.89. The van der Waals surface area contributed by atoms with Crippen LogP contribution >= 0.6 is 24.8 Å². The standard InChI is InChI=1S/C5H10OS2.Ca.2H/c1-2-3-4-6-5(7)8;;;/h2-4H2,1H3,(H,7,8);;;. The van der Waals surface area contributed by atoms with Gasteiger partial charge in [-0.25, -0.2) is 0 Å². The summed E-state index contributed by atoms with van der Waals surface area (Å²) in [6.45, 7) is 2.81. The maximum atomic E-state index is 4.88. The van der Waals surface area contributed by atoms with E-state index in [1.165, 1.54) is 0 Å². The molecule has 0 saturated heterocycles. The van der Waals surface area contributed by atoms with Gasteiger partial charge in [0.05, 0.1) is 6.61 Å². The van der Waals surface area contributed by atoms with Gasteiger partial charge in [0.1, 0.15) is 0 Å². The van der Waals surface area contributed by atoms with Gasteiger partial charge >= 0.3 is 37.7 Å². The van der Waals surface area contributed by atoms with E-state index < -0.39 is 0 Å². The van der Waals surface area contributed by atoms with Crippen LogP contribution in [0.5, 0.6) is 0 Å². The molecule has 0 rings (SSSR count). The van der Waals surface area contributed by atoms with Gasteiger partial charge in [-0.15, -0.1) is 0 Å². The van der Waals surface area contributed by atoms with Crippen LogP contribution in [0.15, 0.2) is 0 Å². The van der Waals surface area contributed by atoms with Crippen LogP contribution in [0, 0.1) is 0 Å². The molecular formula is C5H12CaOS2. The molecule has 0 aliphatic heterocycles. The molecule has 0 heterocycles. The van der Waals surface area contributed by atoms with Gasteiger partial charge in [-0.3, -0.25) is 0 Å². The zero-order valence-corrected chi connectivity index (χ0v) is 6.60. The second-order valence-electron chi connectivity index (χ2n) is 1.47. The summed E-state index contributed by atoms with van der Waals surface area (Å²) in [5, 5.41) is 0. The number of hydrogen-bond acceptors (Lipinski definition) is 2. The number of unbranched alkanes of at least 4 members (excludes halogenated alkanes) is 1. The van der Waals surface area contributed by atoms with Crippen molar-refractivity contribution in [3.63, 3.8) is 0 Å². The van der Waals surface area contributed by atoms with E-state index >= 15 is 0 Å². The summed E-state index contributed by atoms with van der Waals surface area (Å²) in [4.78, 5) is 0. The first-order chi connectivity index (χ1) is 3.77. The van der Waals surface area contributed by atoms with Crippen LogP contribution in [-0.4, -0.2) is 48.7 Å². The molecule has 1 nitrogen and oxygen atoms in total.